The Morgan fingerprint density at radius 2 is 1.92 bits per heavy atom. The Balaban J connectivity index is 2.66. The lowest BCUT2D eigenvalue weighted by molar-refractivity contribution is -0.387. The van der Waals surface area contributed by atoms with Crippen molar-refractivity contribution in [3.63, 3.8) is 0 Å². The van der Waals surface area contributed by atoms with Gasteiger partial charge in [-0.2, -0.15) is 0 Å². The number of hydrogen-bond donors (Lipinski definition) is 0. The number of nitro groups is 1. The molecule has 0 fully saturated rings. The van der Waals surface area contributed by atoms with Crippen LogP contribution in [0.1, 0.15) is 5.56 Å². The van der Waals surface area contributed by atoms with Crippen molar-refractivity contribution < 1.29 is 22.9 Å². The molecule has 10 heteroatoms. The van der Waals surface area contributed by atoms with Gasteiger partial charge in [-0.05, 0) is 36.8 Å². The highest BCUT2D eigenvalue weighted by Crippen LogP contribution is 2.31. The predicted octanol–water partition coefficient (Wildman–Crippen LogP) is 2.92. The molecule has 0 aromatic heterocycles. The number of esters is 1. The zero-order chi connectivity index (χ0) is 19.5. The van der Waals surface area contributed by atoms with Gasteiger partial charge in [0.15, 0.2) is 4.90 Å². The molecule has 0 saturated carbocycles. The van der Waals surface area contributed by atoms with Crippen LogP contribution < -0.4 is 4.31 Å². The van der Waals surface area contributed by atoms with E-state index in [-0.39, 0.29) is 5.69 Å². The number of carbonyl (C=O) groups excluding carboxylic acids is 1. The Hall–Kier alpha value is -2.65. The Morgan fingerprint density at radius 1 is 1.27 bits per heavy atom. The first-order chi connectivity index (χ1) is 12.2. The first kappa shape index (κ1) is 19.7. The van der Waals surface area contributed by atoms with E-state index in [1.54, 1.807) is 6.92 Å². The molecule has 138 valence electrons. The van der Waals surface area contributed by atoms with Gasteiger partial charge in [0.1, 0.15) is 6.54 Å². The topological polar surface area (TPSA) is 107 Å². The molecule has 0 unspecified atom stereocenters. The van der Waals surface area contributed by atoms with Gasteiger partial charge < -0.3 is 4.74 Å². The summed E-state index contributed by atoms with van der Waals surface area (Å²) in [5.41, 5.74) is 0.125. The second-order valence-corrected chi connectivity index (χ2v) is 7.48. The van der Waals surface area contributed by atoms with E-state index in [0.717, 1.165) is 23.5 Å². The molecule has 0 heterocycles. The molecule has 0 N–H and O–H groups in total. The van der Waals surface area contributed by atoms with Gasteiger partial charge in [-0.1, -0.05) is 23.7 Å². The Kier molecular flexibility index (Phi) is 5.83. The van der Waals surface area contributed by atoms with Crippen molar-refractivity contribution in [3.05, 3.63) is 63.2 Å². The maximum atomic E-state index is 13.1. The van der Waals surface area contributed by atoms with Crippen LogP contribution in [0.15, 0.2) is 47.4 Å². The van der Waals surface area contributed by atoms with Crippen molar-refractivity contribution in [2.45, 2.75) is 11.8 Å². The van der Waals surface area contributed by atoms with Crippen molar-refractivity contribution in [3.8, 4) is 0 Å². The van der Waals surface area contributed by atoms with E-state index in [1.807, 2.05) is 0 Å². The first-order valence-electron chi connectivity index (χ1n) is 7.27. The van der Waals surface area contributed by atoms with Gasteiger partial charge in [0.2, 0.25) is 0 Å². The second-order valence-electron chi connectivity index (χ2n) is 5.25. The van der Waals surface area contributed by atoms with E-state index in [4.69, 9.17) is 11.6 Å². The van der Waals surface area contributed by atoms with Crippen LogP contribution in [0.5, 0.6) is 0 Å². The number of rotatable bonds is 6. The lowest BCUT2D eigenvalue weighted by atomic mass is 10.2. The number of hydrogen-bond acceptors (Lipinski definition) is 6. The number of nitro benzene ring substituents is 1. The van der Waals surface area contributed by atoms with Crippen molar-refractivity contribution in [1.82, 2.24) is 0 Å². The summed E-state index contributed by atoms with van der Waals surface area (Å²) in [7, 11) is -3.30. The van der Waals surface area contributed by atoms with Crippen molar-refractivity contribution in [2.24, 2.45) is 0 Å². The molecule has 0 amide bonds. The molecule has 0 aliphatic heterocycles. The summed E-state index contributed by atoms with van der Waals surface area (Å²) < 4.78 is 31.5. The van der Waals surface area contributed by atoms with Crippen molar-refractivity contribution in [1.29, 1.82) is 0 Å². The molecule has 0 radical (unpaired) electrons. The fourth-order valence-electron chi connectivity index (χ4n) is 2.23. The van der Waals surface area contributed by atoms with Crippen LogP contribution in [-0.4, -0.2) is 33.0 Å². The number of halogens is 1. The van der Waals surface area contributed by atoms with E-state index in [9.17, 15) is 23.3 Å². The summed E-state index contributed by atoms with van der Waals surface area (Å²) in [6.07, 6.45) is 0. The Morgan fingerprint density at radius 3 is 2.50 bits per heavy atom. The third kappa shape index (κ3) is 3.94. The molecule has 0 spiro atoms. The largest absolute Gasteiger partial charge is 0.468 e. The van der Waals surface area contributed by atoms with E-state index < -0.39 is 38.0 Å². The highest BCUT2D eigenvalue weighted by Gasteiger charge is 2.33. The quantitative estimate of drug-likeness (QED) is 0.420. The van der Waals surface area contributed by atoms with E-state index >= 15 is 0 Å². The van der Waals surface area contributed by atoms with E-state index in [0.29, 0.717) is 10.6 Å². The van der Waals surface area contributed by atoms with E-state index in [1.165, 1.54) is 30.3 Å². The van der Waals surface area contributed by atoms with Gasteiger partial charge in [-0.3, -0.25) is 19.2 Å². The van der Waals surface area contributed by atoms with Gasteiger partial charge in [-0.15, -0.1) is 0 Å². The number of sulfonamides is 1. The smallest absolute Gasteiger partial charge is 0.326 e. The van der Waals surface area contributed by atoms with Crippen LogP contribution in [0.4, 0.5) is 11.4 Å². The second kappa shape index (κ2) is 7.71. The summed E-state index contributed by atoms with van der Waals surface area (Å²) in [6.45, 7) is 1.02. The monoisotopic (exact) mass is 398 g/mol. The van der Waals surface area contributed by atoms with Gasteiger partial charge >= 0.3 is 5.97 Å². The van der Waals surface area contributed by atoms with Crippen molar-refractivity contribution in [2.75, 3.05) is 18.0 Å². The molecule has 26 heavy (non-hydrogen) atoms. The average molecular weight is 399 g/mol. The minimum Gasteiger partial charge on any atom is -0.468 e. The lowest BCUT2D eigenvalue weighted by Gasteiger charge is -2.23. The summed E-state index contributed by atoms with van der Waals surface area (Å²) in [5.74, 6) is -0.820. The Bertz CT molecular complexity index is 961. The number of anilines is 1. The predicted molar refractivity (Wildman–Crippen MR) is 95.8 cm³/mol. The van der Waals surface area contributed by atoms with Gasteiger partial charge in [0, 0.05) is 11.1 Å². The zero-order valence-electron chi connectivity index (χ0n) is 13.9. The molecule has 2 rings (SSSR count). The lowest BCUT2D eigenvalue weighted by Crippen LogP contribution is -2.36. The minimum atomic E-state index is -4.42. The summed E-state index contributed by atoms with van der Waals surface area (Å²) in [4.78, 5) is 21.7. The number of carbonyl (C=O) groups is 1. The molecule has 2 aromatic carbocycles. The average Bonchev–Trinajstić information content (AvgIpc) is 2.61. The summed E-state index contributed by atoms with van der Waals surface area (Å²) >= 11 is 5.97. The molecule has 0 aliphatic carbocycles. The van der Waals surface area contributed by atoms with Crippen LogP contribution in [0.25, 0.3) is 0 Å². The molecular weight excluding hydrogens is 384 g/mol. The summed E-state index contributed by atoms with van der Waals surface area (Å²) in [5, 5.41) is 11.6. The third-order valence-electron chi connectivity index (χ3n) is 3.56. The number of para-hydroxylation sites is 1. The molecule has 0 bridgehead atoms. The standard InChI is InChI=1S/C16H15ClN2O6S/c1-11-9-12(7-8-13(11)17)18(10-16(20)25-2)26(23,24)15-6-4-3-5-14(15)19(21)22/h3-9H,10H2,1-2H3. The van der Waals surface area contributed by atoms with Crippen LogP contribution >= 0.6 is 11.6 Å². The Labute approximate surface area is 155 Å². The minimum absolute atomic E-state index is 0.135. The van der Waals surface area contributed by atoms with Crippen LogP contribution in [0.2, 0.25) is 5.02 Å². The van der Waals surface area contributed by atoms with Crippen molar-refractivity contribution >= 4 is 39.0 Å². The fourth-order valence-corrected chi connectivity index (χ4v) is 3.90. The van der Waals surface area contributed by atoms with Gasteiger partial charge in [0.05, 0.1) is 17.7 Å². The fraction of sp³-hybridized carbons (Fsp3) is 0.188. The maximum absolute atomic E-state index is 13.1. The number of methoxy groups -OCH3 is 1. The highest BCUT2D eigenvalue weighted by atomic mass is 35.5. The normalized spacial score (nSPS) is 11.0. The highest BCUT2D eigenvalue weighted by molar-refractivity contribution is 7.93. The molecule has 0 atom stereocenters. The first-order valence-corrected chi connectivity index (χ1v) is 9.09. The molecule has 2 aromatic rings. The van der Waals surface area contributed by atoms with Crippen LogP contribution in [0, 0.1) is 17.0 Å². The summed E-state index contributed by atoms with van der Waals surface area (Å²) in [6, 6.07) is 9.27. The third-order valence-corrected chi connectivity index (χ3v) is 5.81. The zero-order valence-corrected chi connectivity index (χ0v) is 15.5. The molecule has 0 saturated heterocycles. The number of nitrogens with zero attached hydrogens (tertiary/aromatic N) is 2. The molecular formula is C16H15ClN2O6S. The van der Waals surface area contributed by atoms with Crippen LogP contribution in [0.3, 0.4) is 0 Å². The van der Waals surface area contributed by atoms with E-state index in [2.05, 4.69) is 4.74 Å². The van der Waals surface area contributed by atoms with Gasteiger partial charge in [-0.25, -0.2) is 8.42 Å². The van der Waals surface area contributed by atoms with Gasteiger partial charge in [0.25, 0.3) is 15.7 Å². The maximum Gasteiger partial charge on any atom is 0.326 e. The number of benzene rings is 2. The number of aryl methyl sites for hydroxylation is 1. The molecule has 0 aliphatic rings. The number of ether oxygens (including phenoxy) is 1. The van der Waals surface area contributed by atoms with Crippen LogP contribution in [-0.2, 0) is 19.6 Å². The SMILES string of the molecule is COC(=O)CN(c1ccc(Cl)c(C)c1)S(=O)(=O)c1ccccc1[N+](=O)[O-]. The molecule has 8 nitrogen and oxygen atoms in total.